The molecule has 8 heteroatoms. The van der Waals surface area contributed by atoms with Crippen molar-refractivity contribution in [2.24, 2.45) is 28.6 Å². The molecule has 2 N–H and O–H groups in total. The monoisotopic (exact) mass is 452 g/mol. The number of fused-ring (bicyclic) bond motifs is 5. The Morgan fingerprint density at radius 1 is 1.26 bits per heavy atom. The molecule has 0 spiro atoms. The minimum absolute atomic E-state index is 0.00900. The Morgan fingerprint density at radius 3 is 2.58 bits per heavy atom. The topological polar surface area (TPSA) is 118 Å². The van der Waals surface area contributed by atoms with Gasteiger partial charge in [-0.1, -0.05) is 25.0 Å². The second-order valence-electron chi connectivity index (χ2n) is 10.4. The number of carbonyl (C=O) groups is 2. The van der Waals surface area contributed by atoms with Crippen molar-refractivity contribution >= 4 is 21.7 Å². The molecule has 0 radical (unpaired) electrons. The first kappa shape index (κ1) is 22.8. The van der Waals surface area contributed by atoms with Crippen molar-refractivity contribution in [3.8, 4) is 0 Å². The van der Waals surface area contributed by atoms with E-state index in [9.17, 15) is 28.2 Å². The van der Waals surface area contributed by atoms with E-state index >= 15 is 0 Å². The molecule has 7 atom stereocenters. The summed E-state index contributed by atoms with van der Waals surface area (Å²) in [4.78, 5) is 25.0. The summed E-state index contributed by atoms with van der Waals surface area (Å²) in [5.74, 6) is -0.651. The van der Waals surface area contributed by atoms with E-state index in [0.717, 1.165) is 30.2 Å². The molecule has 3 fully saturated rings. The largest absolute Gasteiger partial charge is 0.393 e. The van der Waals surface area contributed by atoms with Gasteiger partial charge in [-0.15, -0.1) is 0 Å². The predicted molar refractivity (Wildman–Crippen MR) is 113 cm³/mol. The molecule has 7 nitrogen and oxygen atoms in total. The smallest absolute Gasteiger partial charge is 0.264 e. The van der Waals surface area contributed by atoms with Crippen molar-refractivity contribution < 1.29 is 32.4 Å². The summed E-state index contributed by atoms with van der Waals surface area (Å²) < 4.78 is 27.4. The molecule has 3 saturated carbocycles. The predicted octanol–water partition coefficient (Wildman–Crippen LogP) is 1.93. The van der Waals surface area contributed by atoms with Crippen molar-refractivity contribution in [3.63, 3.8) is 0 Å². The average molecular weight is 453 g/mol. The van der Waals surface area contributed by atoms with E-state index in [4.69, 9.17) is 4.18 Å². The van der Waals surface area contributed by atoms with Crippen LogP contribution in [0.3, 0.4) is 0 Å². The Kier molecular flexibility index (Phi) is 5.21. The van der Waals surface area contributed by atoms with Gasteiger partial charge in [-0.05, 0) is 63.0 Å². The summed E-state index contributed by atoms with van der Waals surface area (Å²) in [5.41, 5.74) is -1.00. The lowest BCUT2D eigenvalue weighted by molar-refractivity contribution is -0.178. The normalized spacial score (nSPS) is 44.6. The van der Waals surface area contributed by atoms with Gasteiger partial charge >= 0.3 is 0 Å². The second kappa shape index (κ2) is 7.07. The zero-order chi connectivity index (χ0) is 23.0. The van der Waals surface area contributed by atoms with Crippen LogP contribution in [0.25, 0.3) is 0 Å². The number of aliphatic hydroxyl groups is 2. The highest BCUT2D eigenvalue weighted by Gasteiger charge is 2.68. The maximum Gasteiger partial charge on any atom is 0.264 e. The summed E-state index contributed by atoms with van der Waals surface area (Å²) in [6, 6.07) is 0. The number of allylic oxidation sites excluding steroid dienone is 4. The Hall–Kier alpha value is -1.35. The second-order valence-corrected chi connectivity index (χ2v) is 12.1. The van der Waals surface area contributed by atoms with E-state index in [1.165, 1.54) is 0 Å². The van der Waals surface area contributed by atoms with Crippen LogP contribution >= 0.6 is 0 Å². The van der Waals surface area contributed by atoms with Gasteiger partial charge in [0.25, 0.3) is 10.1 Å². The molecule has 0 aliphatic heterocycles. The van der Waals surface area contributed by atoms with Crippen LogP contribution in [0.5, 0.6) is 0 Å². The molecule has 0 heterocycles. The maximum atomic E-state index is 12.9. The van der Waals surface area contributed by atoms with Crippen molar-refractivity contribution in [1.82, 2.24) is 0 Å². The van der Waals surface area contributed by atoms with Crippen LogP contribution < -0.4 is 0 Å². The van der Waals surface area contributed by atoms with Gasteiger partial charge in [0.1, 0.15) is 12.2 Å². The molecule has 0 bridgehead atoms. The van der Waals surface area contributed by atoms with E-state index in [1.54, 1.807) is 12.2 Å². The highest BCUT2D eigenvalue weighted by Crippen LogP contribution is 2.68. The Balaban J connectivity index is 1.68. The summed E-state index contributed by atoms with van der Waals surface area (Å²) in [6.07, 6.45) is 6.10. The van der Waals surface area contributed by atoms with Crippen LogP contribution in [0.4, 0.5) is 0 Å². The molecular weight excluding hydrogens is 420 g/mol. The maximum absolute atomic E-state index is 12.9. The zero-order valence-electron chi connectivity index (χ0n) is 18.6. The van der Waals surface area contributed by atoms with Crippen LogP contribution in [0, 0.1) is 28.6 Å². The van der Waals surface area contributed by atoms with Gasteiger partial charge in [-0.3, -0.25) is 13.8 Å². The summed E-state index contributed by atoms with van der Waals surface area (Å²) in [6.45, 7) is 5.20. The molecule has 0 saturated heterocycles. The van der Waals surface area contributed by atoms with E-state index < -0.39 is 45.0 Å². The molecular formula is C23H32O7S. The van der Waals surface area contributed by atoms with E-state index in [-0.39, 0.29) is 36.4 Å². The molecule has 0 aromatic heterocycles. The fourth-order valence-electron chi connectivity index (χ4n) is 7.42. The molecule has 0 aromatic rings. The fraction of sp³-hybridized carbons (Fsp3) is 0.739. The first-order chi connectivity index (χ1) is 14.2. The lowest BCUT2D eigenvalue weighted by Gasteiger charge is -2.60. The van der Waals surface area contributed by atoms with Gasteiger partial charge in [0.15, 0.2) is 11.6 Å². The molecule has 31 heavy (non-hydrogen) atoms. The molecule has 4 aliphatic carbocycles. The lowest BCUT2D eigenvalue weighted by atomic mass is 9.45. The molecule has 1 unspecified atom stereocenters. The summed E-state index contributed by atoms with van der Waals surface area (Å²) in [5, 5.41) is 22.9. The first-order valence-corrected chi connectivity index (χ1v) is 12.8. The standard InChI is InChI=1S/C23H32O7S/c1-13-9-15(24)10-14-5-6-16-17-7-8-23(27,19(26)12-30-31(4,28)29)21(17,2)11-18(25)20(16)22(13,14)3/h9-10,16-18,20,25,27H,5-8,11-12H2,1-4H3/t16-,17-,18?,20+,21-,22-,23-/m0/s1. The van der Waals surface area contributed by atoms with Gasteiger partial charge < -0.3 is 10.2 Å². The Morgan fingerprint density at radius 2 is 1.94 bits per heavy atom. The molecule has 0 amide bonds. The third kappa shape index (κ3) is 3.21. The van der Waals surface area contributed by atoms with Crippen LogP contribution in [-0.4, -0.2) is 54.8 Å². The molecule has 4 aliphatic rings. The van der Waals surface area contributed by atoms with Crippen molar-refractivity contribution in [1.29, 1.82) is 0 Å². The fourth-order valence-corrected chi connectivity index (χ4v) is 7.74. The van der Waals surface area contributed by atoms with Crippen molar-refractivity contribution in [2.75, 3.05) is 12.9 Å². The first-order valence-electron chi connectivity index (χ1n) is 11.0. The number of Topliss-reactive ketones (excluding diaryl/α,β-unsaturated/α-hetero) is 1. The average Bonchev–Trinajstić information content (AvgIpc) is 2.92. The van der Waals surface area contributed by atoms with E-state index in [0.29, 0.717) is 6.42 Å². The minimum atomic E-state index is -3.81. The molecule has 4 rings (SSSR count). The summed E-state index contributed by atoms with van der Waals surface area (Å²) in [7, 11) is -3.81. The number of ketones is 2. The number of aliphatic hydroxyl groups excluding tert-OH is 1. The van der Waals surface area contributed by atoms with Crippen molar-refractivity contribution in [3.05, 3.63) is 23.3 Å². The van der Waals surface area contributed by atoms with Crippen LogP contribution in [0.15, 0.2) is 23.3 Å². The van der Waals surface area contributed by atoms with Gasteiger partial charge in [0.05, 0.1) is 12.4 Å². The highest BCUT2D eigenvalue weighted by molar-refractivity contribution is 7.86. The summed E-state index contributed by atoms with van der Waals surface area (Å²) >= 11 is 0. The van der Waals surface area contributed by atoms with Crippen LogP contribution in [0.1, 0.15) is 52.9 Å². The number of hydrogen-bond donors (Lipinski definition) is 2. The van der Waals surface area contributed by atoms with Gasteiger partial charge in [0, 0.05) is 16.7 Å². The minimum Gasteiger partial charge on any atom is -0.393 e. The zero-order valence-corrected chi connectivity index (χ0v) is 19.4. The number of rotatable bonds is 4. The third-order valence-corrected chi connectivity index (χ3v) is 9.59. The quantitative estimate of drug-likeness (QED) is 0.626. The molecule has 172 valence electrons. The Labute approximate surface area is 183 Å². The van der Waals surface area contributed by atoms with E-state index in [1.807, 2.05) is 13.8 Å². The van der Waals surface area contributed by atoms with Crippen LogP contribution in [-0.2, 0) is 23.9 Å². The van der Waals surface area contributed by atoms with E-state index in [2.05, 4.69) is 6.92 Å². The third-order valence-electron chi connectivity index (χ3n) is 9.05. The van der Waals surface area contributed by atoms with Gasteiger partial charge in [0.2, 0.25) is 0 Å². The van der Waals surface area contributed by atoms with Crippen LogP contribution in [0.2, 0.25) is 0 Å². The number of carbonyl (C=O) groups excluding carboxylic acids is 2. The van der Waals surface area contributed by atoms with Gasteiger partial charge in [-0.2, -0.15) is 8.42 Å². The molecule has 0 aromatic carbocycles. The van der Waals surface area contributed by atoms with Gasteiger partial charge in [-0.25, -0.2) is 0 Å². The SMILES string of the molecule is CC1=CC(=O)C=C2CC[C@@H]3[C@H](C(O)C[C@@]4(C)[C@H]3CC[C@]4(O)C(=O)COS(C)(=O)=O)[C@@]12C. The lowest BCUT2D eigenvalue weighted by Crippen LogP contribution is -2.62. The highest BCUT2D eigenvalue weighted by atomic mass is 32.2. The number of hydrogen-bond acceptors (Lipinski definition) is 7. The van der Waals surface area contributed by atoms with Crippen molar-refractivity contribution in [2.45, 2.75) is 64.6 Å². The Bertz CT molecular complexity index is 995.